The van der Waals surface area contributed by atoms with Gasteiger partial charge >= 0.3 is 0 Å². The van der Waals surface area contributed by atoms with Crippen molar-refractivity contribution < 1.29 is 8.42 Å². The van der Waals surface area contributed by atoms with Gasteiger partial charge in [0.25, 0.3) is 0 Å². The fraction of sp³-hybridized carbons (Fsp3) is 0.700. The molecule has 0 aliphatic heterocycles. The first kappa shape index (κ1) is 14.0. The van der Waals surface area contributed by atoms with Gasteiger partial charge in [-0.1, -0.05) is 13.8 Å². The lowest BCUT2D eigenvalue weighted by molar-refractivity contribution is 0.582. The lowest BCUT2D eigenvalue weighted by atomic mass is 10.4. The number of anilines is 1. The van der Waals surface area contributed by atoms with Crippen LogP contribution < -0.4 is 10.0 Å². The van der Waals surface area contributed by atoms with E-state index in [0.717, 1.165) is 0 Å². The minimum absolute atomic E-state index is 0.0551. The quantitative estimate of drug-likeness (QED) is 0.779. The molecule has 0 unspecified atom stereocenters. The van der Waals surface area contributed by atoms with Crippen LogP contribution in [0.5, 0.6) is 0 Å². The average Bonchev–Trinajstić information content (AvgIpc) is 2.42. The molecule has 0 saturated heterocycles. The molecule has 1 aromatic heterocycles. The van der Waals surface area contributed by atoms with Gasteiger partial charge in [0.1, 0.15) is 0 Å². The van der Waals surface area contributed by atoms with E-state index in [-0.39, 0.29) is 11.8 Å². The van der Waals surface area contributed by atoms with Crippen LogP contribution in [0.15, 0.2) is 6.20 Å². The molecule has 0 radical (unpaired) electrons. The molecule has 1 heterocycles. The Morgan fingerprint density at radius 1 is 1.47 bits per heavy atom. The van der Waals surface area contributed by atoms with Crippen molar-refractivity contribution in [3.63, 3.8) is 0 Å². The maximum atomic E-state index is 11.8. The van der Waals surface area contributed by atoms with Gasteiger partial charge in [0.2, 0.25) is 10.0 Å². The van der Waals surface area contributed by atoms with E-state index < -0.39 is 10.0 Å². The van der Waals surface area contributed by atoms with E-state index in [1.807, 2.05) is 13.8 Å². The van der Waals surface area contributed by atoms with Crippen molar-refractivity contribution >= 4 is 15.7 Å². The Bertz CT molecular complexity index is 465. The SMILES string of the molecule is Cc1nn(C)cc1NS(=O)(=O)CCNC(C)C. The second-order valence-corrected chi connectivity index (χ2v) is 6.17. The standard InChI is InChI=1S/C10H20N4O2S/c1-8(2)11-5-6-17(15,16)13-10-7-14(4)12-9(10)3/h7-8,11,13H,5-6H2,1-4H3. The highest BCUT2D eigenvalue weighted by molar-refractivity contribution is 7.92. The minimum Gasteiger partial charge on any atom is -0.313 e. The zero-order valence-electron chi connectivity index (χ0n) is 10.7. The highest BCUT2D eigenvalue weighted by Gasteiger charge is 2.13. The van der Waals surface area contributed by atoms with Crippen LogP contribution in [-0.2, 0) is 17.1 Å². The normalized spacial score (nSPS) is 12.1. The summed E-state index contributed by atoms with van der Waals surface area (Å²) >= 11 is 0. The monoisotopic (exact) mass is 260 g/mol. The molecule has 0 atom stereocenters. The van der Waals surface area contributed by atoms with Crippen molar-refractivity contribution in [2.24, 2.45) is 7.05 Å². The number of nitrogens with zero attached hydrogens (tertiary/aromatic N) is 2. The summed E-state index contributed by atoms with van der Waals surface area (Å²) in [5, 5.41) is 7.15. The van der Waals surface area contributed by atoms with Gasteiger partial charge in [0.15, 0.2) is 0 Å². The maximum absolute atomic E-state index is 11.8. The summed E-state index contributed by atoms with van der Waals surface area (Å²) < 4.78 is 27.6. The molecule has 98 valence electrons. The first-order valence-electron chi connectivity index (χ1n) is 5.54. The van der Waals surface area contributed by atoms with Gasteiger partial charge in [-0.25, -0.2) is 8.42 Å². The number of aromatic nitrogens is 2. The molecule has 2 N–H and O–H groups in total. The highest BCUT2D eigenvalue weighted by Crippen LogP contribution is 2.13. The molecule has 0 aromatic carbocycles. The summed E-state index contributed by atoms with van der Waals surface area (Å²) in [6.45, 7) is 6.16. The van der Waals surface area contributed by atoms with E-state index in [4.69, 9.17) is 0 Å². The van der Waals surface area contributed by atoms with Crippen LogP contribution in [0.2, 0.25) is 0 Å². The van der Waals surface area contributed by atoms with Crippen molar-refractivity contribution in [1.82, 2.24) is 15.1 Å². The predicted molar refractivity (Wildman–Crippen MR) is 68.5 cm³/mol. The number of nitrogens with one attached hydrogen (secondary N) is 2. The zero-order valence-corrected chi connectivity index (χ0v) is 11.5. The molecule has 0 aliphatic carbocycles. The average molecular weight is 260 g/mol. The van der Waals surface area contributed by atoms with Crippen LogP contribution >= 0.6 is 0 Å². The lowest BCUT2D eigenvalue weighted by Crippen LogP contribution is -2.31. The molecular weight excluding hydrogens is 240 g/mol. The molecule has 0 saturated carbocycles. The van der Waals surface area contributed by atoms with E-state index in [2.05, 4.69) is 15.1 Å². The first-order chi connectivity index (χ1) is 7.80. The van der Waals surface area contributed by atoms with Crippen LogP contribution in [0.1, 0.15) is 19.5 Å². The van der Waals surface area contributed by atoms with Crippen LogP contribution in [0.3, 0.4) is 0 Å². The number of aryl methyl sites for hydroxylation is 2. The number of sulfonamides is 1. The summed E-state index contributed by atoms with van der Waals surface area (Å²) in [4.78, 5) is 0. The lowest BCUT2D eigenvalue weighted by Gasteiger charge is -2.09. The van der Waals surface area contributed by atoms with Gasteiger partial charge in [0.05, 0.1) is 17.1 Å². The fourth-order valence-corrected chi connectivity index (χ4v) is 2.42. The Morgan fingerprint density at radius 2 is 2.12 bits per heavy atom. The summed E-state index contributed by atoms with van der Waals surface area (Å²) in [6.07, 6.45) is 1.66. The Morgan fingerprint density at radius 3 is 2.59 bits per heavy atom. The Balaban J connectivity index is 2.58. The second kappa shape index (κ2) is 5.50. The zero-order chi connectivity index (χ0) is 13.1. The summed E-state index contributed by atoms with van der Waals surface area (Å²) in [6, 6.07) is 0.283. The van der Waals surface area contributed by atoms with E-state index in [1.165, 1.54) is 0 Å². The molecule has 17 heavy (non-hydrogen) atoms. The van der Waals surface area contributed by atoms with Gasteiger partial charge in [-0.2, -0.15) is 5.10 Å². The fourth-order valence-electron chi connectivity index (χ4n) is 1.40. The third-order valence-electron chi connectivity index (χ3n) is 2.20. The van der Waals surface area contributed by atoms with Gasteiger partial charge in [-0.3, -0.25) is 9.40 Å². The van der Waals surface area contributed by atoms with Gasteiger partial charge < -0.3 is 5.32 Å². The third-order valence-corrected chi connectivity index (χ3v) is 3.47. The first-order valence-corrected chi connectivity index (χ1v) is 7.19. The van der Waals surface area contributed by atoms with E-state index in [0.29, 0.717) is 17.9 Å². The molecule has 0 spiro atoms. The van der Waals surface area contributed by atoms with Gasteiger partial charge in [-0.15, -0.1) is 0 Å². The number of rotatable bonds is 6. The molecule has 1 rings (SSSR count). The van der Waals surface area contributed by atoms with Crippen LogP contribution in [0, 0.1) is 6.92 Å². The number of hydrogen-bond donors (Lipinski definition) is 2. The summed E-state index contributed by atoms with van der Waals surface area (Å²) in [7, 11) is -1.55. The number of hydrogen-bond acceptors (Lipinski definition) is 4. The molecule has 1 aromatic rings. The van der Waals surface area contributed by atoms with Gasteiger partial charge in [-0.05, 0) is 6.92 Å². The van der Waals surface area contributed by atoms with E-state index in [9.17, 15) is 8.42 Å². The molecule has 7 heteroatoms. The molecule has 6 nitrogen and oxygen atoms in total. The third kappa shape index (κ3) is 4.74. The van der Waals surface area contributed by atoms with Crippen molar-refractivity contribution in [3.8, 4) is 0 Å². The van der Waals surface area contributed by atoms with Crippen molar-refractivity contribution in [1.29, 1.82) is 0 Å². The van der Waals surface area contributed by atoms with Gasteiger partial charge in [0, 0.05) is 25.8 Å². The van der Waals surface area contributed by atoms with Crippen LogP contribution in [0.4, 0.5) is 5.69 Å². The Labute approximate surface area is 102 Å². The maximum Gasteiger partial charge on any atom is 0.234 e. The minimum atomic E-state index is -3.31. The van der Waals surface area contributed by atoms with Crippen LogP contribution in [-0.4, -0.2) is 36.5 Å². The van der Waals surface area contributed by atoms with Crippen molar-refractivity contribution in [3.05, 3.63) is 11.9 Å². The predicted octanol–water partition coefficient (Wildman–Crippen LogP) is 0.468. The topological polar surface area (TPSA) is 76.0 Å². The van der Waals surface area contributed by atoms with E-state index in [1.54, 1.807) is 24.9 Å². The molecule has 0 bridgehead atoms. The Kier molecular flexibility index (Phi) is 4.53. The second-order valence-electron chi connectivity index (χ2n) is 4.33. The molecule has 0 aliphatic rings. The van der Waals surface area contributed by atoms with Crippen molar-refractivity contribution in [2.45, 2.75) is 26.8 Å². The molecular formula is C10H20N4O2S. The molecule has 0 fully saturated rings. The van der Waals surface area contributed by atoms with Crippen LogP contribution in [0.25, 0.3) is 0 Å². The largest absolute Gasteiger partial charge is 0.313 e. The summed E-state index contributed by atoms with van der Waals surface area (Å²) in [5.74, 6) is 0.0551. The Hall–Kier alpha value is -1.08. The van der Waals surface area contributed by atoms with E-state index >= 15 is 0 Å². The van der Waals surface area contributed by atoms with Crippen molar-refractivity contribution in [2.75, 3.05) is 17.0 Å². The summed E-state index contributed by atoms with van der Waals surface area (Å²) in [5.41, 5.74) is 1.21. The smallest absolute Gasteiger partial charge is 0.234 e. The highest BCUT2D eigenvalue weighted by atomic mass is 32.2. The molecule has 0 amide bonds.